The predicted octanol–water partition coefficient (Wildman–Crippen LogP) is 1.61. The van der Waals surface area contributed by atoms with Crippen LogP contribution >= 0.6 is 0 Å². The van der Waals surface area contributed by atoms with Crippen LogP contribution in [0.5, 0.6) is 0 Å². The van der Waals surface area contributed by atoms with Gasteiger partial charge in [0.05, 0.1) is 0 Å². The molecule has 3 rings (SSSR count). The third kappa shape index (κ3) is 2.45. The molecule has 1 aromatic rings. The number of benzene rings is 1. The average molecular weight is 340 g/mol. The second-order valence-corrected chi connectivity index (χ2v) is 5.56. The SMILES string of the molecule is O=C(Nc1cccc2c1N=[Se]=N2)[C@@H]1CC[C@H](C(=O)O)O1. The summed E-state index contributed by atoms with van der Waals surface area (Å²) in [6.45, 7) is 0. The van der Waals surface area contributed by atoms with Gasteiger partial charge in [-0.25, -0.2) is 0 Å². The van der Waals surface area contributed by atoms with Crippen LogP contribution in [0.4, 0.5) is 17.1 Å². The van der Waals surface area contributed by atoms with Gasteiger partial charge in [0.2, 0.25) is 0 Å². The molecule has 7 nitrogen and oxygen atoms in total. The summed E-state index contributed by atoms with van der Waals surface area (Å²) in [6, 6.07) is 5.39. The van der Waals surface area contributed by atoms with Crippen molar-refractivity contribution in [1.29, 1.82) is 0 Å². The standard InChI is InChI=1S/C12H11N3O4Se/c16-11(8-4-5-9(19-8)12(17)18)13-6-2-1-3-7-10(6)15-20-14-7/h1-3,8-9H,4-5H2,(H,13,16)(H,17,18)/t8-,9+/m0/s1. The summed E-state index contributed by atoms with van der Waals surface area (Å²) in [5.41, 5.74) is 2.06. The molecule has 1 amide bonds. The van der Waals surface area contributed by atoms with Gasteiger partial charge in [0.15, 0.2) is 0 Å². The normalized spacial score (nSPS) is 23.2. The fraction of sp³-hybridized carbons (Fsp3) is 0.333. The minimum atomic E-state index is -1.03. The van der Waals surface area contributed by atoms with Crippen LogP contribution in [0.2, 0.25) is 0 Å². The molecule has 0 bridgehead atoms. The number of amides is 1. The molecule has 0 saturated carbocycles. The van der Waals surface area contributed by atoms with Gasteiger partial charge >= 0.3 is 119 Å². The predicted molar refractivity (Wildman–Crippen MR) is 70.5 cm³/mol. The first kappa shape index (κ1) is 13.2. The van der Waals surface area contributed by atoms with Crippen LogP contribution in [0.15, 0.2) is 26.1 Å². The Morgan fingerprint density at radius 2 is 2.10 bits per heavy atom. The van der Waals surface area contributed by atoms with E-state index >= 15 is 0 Å². The van der Waals surface area contributed by atoms with E-state index < -0.39 is 18.2 Å². The number of carboxylic acid groups (broad SMARTS) is 1. The van der Waals surface area contributed by atoms with Crippen molar-refractivity contribution in [1.82, 2.24) is 0 Å². The van der Waals surface area contributed by atoms with E-state index in [1.54, 1.807) is 12.1 Å². The quantitative estimate of drug-likeness (QED) is 0.829. The fourth-order valence-corrected chi connectivity index (χ4v) is 3.29. The molecule has 0 unspecified atom stereocenters. The molecule has 2 atom stereocenters. The van der Waals surface area contributed by atoms with Gasteiger partial charge in [0.25, 0.3) is 0 Å². The Hall–Kier alpha value is -1.76. The first-order valence-electron chi connectivity index (χ1n) is 6.05. The summed E-state index contributed by atoms with van der Waals surface area (Å²) < 4.78 is 13.7. The van der Waals surface area contributed by atoms with Gasteiger partial charge in [-0.1, -0.05) is 0 Å². The average Bonchev–Trinajstić information content (AvgIpc) is 3.08. The number of carboxylic acids is 1. The van der Waals surface area contributed by atoms with Crippen molar-refractivity contribution in [3.63, 3.8) is 0 Å². The molecule has 20 heavy (non-hydrogen) atoms. The zero-order valence-corrected chi connectivity index (χ0v) is 12.0. The number of carbonyl (C=O) groups is 2. The number of hydrogen-bond donors (Lipinski definition) is 2. The van der Waals surface area contributed by atoms with Gasteiger partial charge in [0.1, 0.15) is 0 Å². The molecular weight excluding hydrogens is 329 g/mol. The van der Waals surface area contributed by atoms with E-state index in [9.17, 15) is 9.59 Å². The second kappa shape index (κ2) is 5.32. The van der Waals surface area contributed by atoms with Crippen LogP contribution in [0.1, 0.15) is 12.8 Å². The second-order valence-electron chi connectivity index (χ2n) is 4.46. The number of nitrogens with one attached hydrogen (secondary N) is 1. The monoisotopic (exact) mass is 341 g/mol. The summed E-state index contributed by atoms with van der Waals surface area (Å²) in [6.07, 6.45) is -0.863. The van der Waals surface area contributed by atoms with E-state index in [0.717, 1.165) is 5.69 Å². The number of fused-ring (bicyclic) bond motifs is 1. The van der Waals surface area contributed by atoms with Crippen molar-refractivity contribution in [3.8, 4) is 0 Å². The number of ether oxygens (including phenoxy) is 1. The van der Waals surface area contributed by atoms with Crippen LogP contribution in [0.3, 0.4) is 0 Å². The fourth-order valence-electron chi connectivity index (χ4n) is 2.13. The first-order valence-corrected chi connectivity index (χ1v) is 7.59. The van der Waals surface area contributed by atoms with Crippen LogP contribution in [0, 0.1) is 0 Å². The zero-order valence-electron chi connectivity index (χ0n) is 10.3. The van der Waals surface area contributed by atoms with Gasteiger partial charge in [-0.15, -0.1) is 0 Å². The molecule has 1 fully saturated rings. The molecule has 0 aromatic heterocycles. The zero-order chi connectivity index (χ0) is 14.1. The van der Waals surface area contributed by atoms with Crippen molar-refractivity contribution in [2.75, 3.05) is 5.32 Å². The van der Waals surface area contributed by atoms with Gasteiger partial charge < -0.3 is 0 Å². The van der Waals surface area contributed by atoms with E-state index in [4.69, 9.17) is 9.84 Å². The summed E-state index contributed by atoms with van der Waals surface area (Å²) >= 11 is -0.165. The Bertz CT molecular complexity index is 654. The summed E-state index contributed by atoms with van der Waals surface area (Å²) in [4.78, 5) is 22.9. The van der Waals surface area contributed by atoms with Crippen molar-refractivity contribution < 1.29 is 19.4 Å². The topological polar surface area (TPSA) is 100 Å². The summed E-state index contributed by atoms with van der Waals surface area (Å²) in [5, 5.41) is 11.6. The van der Waals surface area contributed by atoms with E-state index in [0.29, 0.717) is 24.2 Å². The number of hydrogen-bond acceptors (Lipinski definition) is 5. The van der Waals surface area contributed by atoms with Crippen LogP contribution < -0.4 is 5.32 Å². The van der Waals surface area contributed by atoms with Crippen LogP contribution in [0.25, 0.3) is 0 Å². The Balaban J connectivity index is 1.70. The molecule has 8 heteroatoms. The maximum atomic E-state index is 12.1. The molecule has 1 saturated heterocycles. The van der Waals surface area contributed by atoms with Gasteiger partial charge in [-0.3, -0.25) is 0 Å². The van der Waals surface area contributed by atoms with Crippen molar-refractivity contribution >= 4 is 43.5 Å². The summed E-state index contributed by atoms with van der Waals surface area (Å²) in [7, 11) is 0. The van der Waals surface area contributed by atoms with Gasteiger partial charge in [-0.2, -0.15) is 0 Å². The Labute approximate surface area is 120 Å². The summed E-state index contributed by atoms with van der Waals surface area (Å²) in [5.74, 6) is -1.37. The molecule has 0 radical (unpaired) electrons. The van der Waals surface area contributed by atoms with E-state index in [1.807, 2.05) is 6.07 Å². The van der Waals surface area contributed by atoms with Gasteiger partial charge in [-0.05, 0) is 0 Å². The van der Waals surface area contributed by atoms with Crippen molar-refractivity contribution in [2.24, 2.45) is 7.92 Å². The third-order valence-corrected chi connectivity index (χ3v) is 4.27. The molecule has 104 valence electrons. The van der Waals surface area contributed by atoms with Gasteiger partial charge in [0, 0.05) is 0 Å². The van der Waals surface area contributed by atoms with E-state index in [1.165, 1.54) is 0 Å². The molecule has 2 aliphatic heterocycles. The van der Waals surface area contributed by atoms with Crippen LogP contribution in [-0.2, 0) is 14.3 Å². The Morgan fingerprint density at radius 1 is 1.30 bits per heavy atom. The molecule has 1 aromatic carbocycles. The number of rotatable bonds is 3. The number of aliphatic carboxylic acids is 1. The molecular formula is C12H11N3O4Se. The first-order chi connectivity index (χ1) is 9.65. The molecule has 2 aliphatic rings. The molecule has 0 aliphatic carbocycles. The molecule has 2 heterocycles. The van der Waals surface area contributed by atoms with Crippen molar-refractivity contribution in [3.05, 3.63) is 18.2 Å². The molecule has 2 N–H and O–H groups in total. The number of nitrogens with zero attached hydrogens (tertiary/aromatic N) is 2. The minimum absolute atomic E-state index is 0.165. The Kier molecular flexibility index (Phi) is 3.52. The Morgan fingerprint density at radius 3 is 2.85 bits per heavy atom. The molecule has 0 spiro atoms. The van der Waals surface area contributed by atoms with Crippen molar-refractivity contribution in [2.45, 2.75) is 25.0 Å². The third-order valence-electron chi connectivity index (χ3n) is 3.13. The number of anilines is 1. The van der Waals surface area contributed by atoms with E-state index in [-0.39, 0.29) is 20.5 Å². The van der Waals surface area contributed by atoms with Crippen LogP contribution in [-0.4, -0.2) is 43.8 Å². The van der Waals surface area contributed by atoms with E-state index in [2.05, 4.69) is 13.2 Å². The number of carbonyl (C=O) groups excluding carboxylic acids is 1. The maximum absolute atomic E-state index is 12.1.